The molecule has 84 valence electrons. The maximum atomic E-state index is 5.97. The number of halogens is 1. The van der Waals surface area contributed by atoms with Crippen LogP contribution in [0.2, 0.25) is 0 Å². The highest BCUT2D eigenvalue weighted by atomic mass is 79.9. The lowest BCUT2D eigenvalue weighted by atomic mass is 10.3. The number of nitrogen functional groups attached to an aromatic ring is 1. The number of imidazole rings is 1. The molecule has 0 bridgehead atoms. The van der Waals surface area contributed by atoms with Crippen LogP contribution in [0.1, 0.15) is 0 Å². The van der Waals surface area contributed by atoms with Gasteiger partial charge in [-0.25, -0.2) is 4.98 Å². The summed E-state index contributed by atoms with van der Waals surface area (Å²) in [6.45, 7) is 0. The Morgan fingerprint density at radius 2 is 1.88 bits per heavy atom. The number of aromatic nitrogens is 2. The van der Waals surface area contributed by atoms with E-state index in [0.717, 1.165) is 21.2 Å². The van der Waals surface area contributed by atoms with Gasteiger partial charge in [-0.2, -0.15) is 0 Å². The predicted molar refractivity (Wildman–Crippen MR) is 73.2 cm³/mol. The molecular formula is C13H10BrN3. The van der Waals surface area contributed by atoms with E-state index in [0.29, 0.717) is 5.95 Å². The molecule has 0 amide bonds. The van der Waals surface area contributed by atoms with Gasteiger partial charge in [0, 0.05) is 4.47 Å². The van der Waals surface area contributed by atoms with Crippen molar-refractivity contribution in [2.24, 2.45) is 0 Å². The highest BCUT2D eigenvalue weighted by molar-refractivity contribution is 9.10. The number of anilines is 1. The van der Waals surface area contributed by atoms with Gasteiger partial charge in [-0.05, 0) is 30.3 Å². The molecule has 0 aliphatic carbocycles. The standard InChI is InChI=1S/C13H10BrN3/c14-9-4-3-5-10(8-9)17-12-7-2-1-6-11(12)16-13(17)15/h1-8H,(H2,15,16). The van der Waals surface area contributed by atoms with Gasteiger partial charge in [-0.1, -0.05) is 34.1 Å². The van der Waals surface area contributed by atoms with Gasteiger partial charge in [-0.15, -0.1) is 0 Å². The smallest absolute Gasteiger partial charge is 0.205 e. The van der Waals surface area contributed by atoms with Crippen LogP contribution < -0.4 is 5.73 Å². The van der Waals surface area contributed by atoms with Crippen molar-refractivity contribution < 1.29 is 0 Å². The Balaban J connectivity index is 2.33. The van der Waals surface area contributed by atoms with Crippen molar-refractivity contribution in [3.8, 4) is 5.69 Å². The van der Waals surface area contributed by atoms with Crippen LogP contribution in [0.25, 0.3) is 16.7 Å². The Kier molecular flexibility index (Phi) is 2.37. The van der Waals surface area contributed by atoms with Crippen LogP contribution in [0.4, 0.5) is 5.95 Å². The maximum absolute atomic E-state index is 5.97. The minimum Gasteiger partial charge on any atom is -0.369 e. The Morgan fingerprint density at radius 1 is 1.06 bits per heavy atom. The number of hydrogen-bond acceptors (Lipinski definition) is 2. The number of nitrogens with zero attached hydrogens (tertiary/aromatic N) is 2. The third kappa shape index (κ3) is 1.70. The van der Waals surface area contributed by atoms with E-state index in [1.807, 2.05) is 53.1 Å². The summed E-state index contributed by atoms with van der Waals surface area (Å²) in [6, 6.07) is 15.9. The van der Waals surface area contributed by atoms with E-state index in [9.17, 15) is 0 Å². The van der Waals surface area contributed by atoms with E-state index in [1.54, 1.807) is 0 Å². The van der Waals surface area contributed by atoms with Gasteiger partial charge >= 0.3 is 0 Å². The zero-order chi connectivity index (χ0) is 11.8. The fourth-order valence-electron chi connectivity index (χ4n) is 1.93. The second kappa shape index (κ2) is 3.89. The second-order valence-corrected chi connectivity index (χ2v) is 4.69. The molecule has 1 aromatic heterocycles. The SMILES string of the molecule is Nc1nc2ccccc2n1-c1cccc(Br)c1. The molecule has 0 fully saturated rings. The van der Waals surface area contributed by atoms with E-state index < -0.39 is 0 Å². The number of benzene rings is 2. The van der Waals surface area contributed by atoms with E-state index in [1.165, 1.54) is 0 Å². The summed E-state index contributed by atoms with van der Waals surface area (Å²) in [5.74, 6) is 0.504. The third-order valence-corrected chi connectivity index (χ3v) is 3.15. The summed E-state index contributed by atoms with van der Waals surface area (Å²) < 4.78 is 2.97. The first kappa shape index (κ1) is 10.4. The maximum Gasteiger partial charge on any atom is 0.205 e. The van der Waals surface area contributed by atoms with Gasteiger partial charge in [0.05, 0.1) is 16.7 Å². The predicted octanol–water partition coefficient (Wildman–Crippen LogP) is 3.37. The molecule has 0 unspecified atom stereocenters. The number of para-hydroxylation sites is 2. The van der Waals surface area contributed by atoms with Crippen LogP contribution in [-0.2, 0) is 0 Å². The van der Waals surface area contributed by atoms with Crippen molar-refractivity contribution >= 4 is 32.9 Å². The molecule has 0 radical (unpaired) electrons. The van der Waals surface area contributed by atoms with Gasteiger partial charge in [0.2, 0.25) is 5.95 Å². The Labute approximate surface area is 107 Å². The van der Waals surface area contributed by atoms with Crippen molar-refractivity contribution in [2.75, 3.05) is 5.73 Å². The summed E-state index contributed by atoms with van der Waals surface area (Å²) in [7, 11) is 0. The normalized spacial score (nSPS) is 10.9. The summed E-state index contributed by atoms with van der Waals surface area (Å²) in [4.78, 5) is 4.34. The zero-order valence-corrected chi connectivity index (χ0v) is 10.6. The lowest BCUT2D eigenvalue weighted by Crippen LogP contribution is -2.00. The molecule has 17 heavy (non-hydrogen) atoms. The van der Waals surface area contributed by atoms with Gasteiger partial charge in [-0.3, -0.25) is 4.57 Å². The van der Waals surface area contributed by atoms with Crippen molar-refractivity contribution in [2.45, 2.75) is 0 Å². The van der Waals surface area contributed by atoms with Gasteiger partial charge in [0.15, 0.2) is 0 Å². The zero-order valence-electron chi connectivity index (χ0n) is 8.97. The molecule has 0 aliphatic rings. The minimum absolute atomic E-state index is 0.504. The Hall–Kier alpha value is -1.81. The fraction of sp³-hybridized carbons (Fsp3) is 0. The molecule has 2 N–H and O–H groups in total. The van der Waals surface area contributed by atoms with Crippen LogP contribution in [-0.4, -0.2) is 9.55 Å². The summed E-state index contributed by atoms with van der Waals surface area (Å²) in [5.41, 5.74) is 8.90. The van der Waals surface area contributed by atoms with E-state index in [4.69, 9.17) is 5.73 Å². The first-order valence-corrected chi connectivity index (χ1v) is 6.04. The van der Waals surface area contributed by atoms with Gasteiger partial charge in [0.25, 0.3) is 0 Å². The lowest BCUT2D eigenvalue weighted by Gasteiger charge is -2.06. The molecule has 0 spiro atoms. The van der Waals surface area contributed by atoms with E-state index in [-0.39, 0.29) is 0 Å². The van der Waals surface area contributed by atoms with Gasteiger partial charge in [0.1, 0.15) is 0 Å². The Morgan fingerprint density at radius 3 is 2.71 bits per heavy atom. The average Bonchev–Trinajstić information content (AvgIpc) is 2.64. The molecule has 0 atom stereocenters. The summed E-state index contributed by atoms with van der Waals surface area (Å²) in [5, 5.41) is 0. The number of hydrogen-bond donors (Lipinski definition) is 1. The lowest BCUT2D eigenvalue weighted by molar-refractivity contribution is 1.11. The number of fused-ring (bicyclic) bond motifs is 1. The van der Waals surface area contributed by atoms with Crippen LogP contribution in [0, 0.1) is 0 Å². The largest absolute Gasteiger partial charge is 0.369 e. The highest BCUT2D eigenvalue weighted by Crippen LogP contribution is 2.24. The number of nitrogens with two attached hydrogens (primary N) is 1. The fourth-order valence-corrected chi connectivity index (χ4v) is 2.32. The molecule has 1 heterocycles. The second-order valence-electron chi connectivity index (χ2n) is 3.77. The number of rotatable bonds is 1. The Bertz CT molecular complexity index is 688. The summed E-state index contributed by atoms with van der Waals surface area (Å²) >= 11 is 3.46. The van der Waals surface area contributed by atoms with E-state index >= 15 is 0 Å². The van der Waals surface area contributed by atoms with Crippen molar-refractivity contribution in [3.63, 3.8) is 0 Å². The molecule has 0 saturated heterocycles. The molecule has 3 aromatic rings. The summed E-state index contributed by atoms with van der Waals surface area (Å²) in [6.07, 6.45) is 0. The van der Waals surface area contributed by atoms with Crippen molar-refractivity contribution in [1.29, 1.82) is 0 Å². The molecule has 4 heteroatoms. The minimum atomic E-state index is 0.504. The molecule has 3 rings (SSSR count). The molecular weight excluding hydrogens is 278 g/mol. The first-order chi connectivity index (χ1) is 8.25. The van der Waals surface area contributed by atoms with Crippen LogP contribution >= 0.6 is 15.9 Å². The van der Waals surface area contributed by atoms with Crippen LogP contribution in [0.5, 0.6) is 0 Å². The van der Waals surface area contributed by atoms with Crippen molar-refractivity contribution in [1.82, 2.24) is 9.55 Å². The van der Waals surface area contributed by atoms with E-state index in [2.05, 4.69) is 20.9 Å². The first-order valence-electron chi connectivity index (χ1n) is 5.24. The van der Waals surface area contributed by atoms with Crippen molar-refractivity contribution in [3.05, 3.63) is 53.0 Å². The van der Waals surface area contributed by atoms with Crippen LogP contribution in [0.3, 0.4) is 0 Å². The molecule has 3 nitrogen and oxygen atoms in total. The quantitative estimate of drug-likeness (QED) is 0.746. The van der Waals surface area contributed by atoms with Crippen LogP contribution in [0.15, 0.2) is 53.0 Å². The monoisotopic (exact) mass is 287 g/mol. The average molecular weight is 288 g/mol. The third-order valence-electron chi connectivity index (χ3n) is 2.65. The molecule has 2 aromatic carbocycles. The highest BCUT2D eigenvalue weighted by Gasteiger charge is 2.08. The topological polar surface area (TPSA) is 43.8 Å². The molecule has 0 saturated carbocycles. The molecule has 0 aliphatic heterocycles. The van der Waals surface area contributed by atoms with Gasteiger partial charge < -0.3 is 5.73 Å².